The number of alkyl halides is 1. The minimum atomic E-state index is 0.0969. The van der Waals surface area contributed by atoms with E-state index in [1.807, 2.05) is 0 Å². The zero-order valence-corrected chi connectivity index (χ0v) is 9.55. The van der Waals surface area contributed by atoms with Crippen molar-refractivity contribution in [3.8, 4) is 0 Å². The second-order valence-electron chi connectivity index (χ2n) is 4.56. The van der Waals surface area contributed by atoms with Crippen molar-refractivity contribution in [2.75, 3.05) is 13.7 Å². The lowest BCUT2D eigenvalue weighted by atomic mass is 9.78. The lowest BCUT2D eigenvalue weighted by Crippen LogP contribution is -2.44. The van der Waals surface area contributed by atoms with Crippen molar-refractivity contribution in [1.29, 1.82) is 0 Å². The Bertz CT molecular complexity index is 188. The Morgan fingerprint density at radius 3 is 2.57 bits per heavy atom. The quantitative estimate of drug-likeness (QED) is 0.631. The predicted molar refractivity (Wildman–Crippen MR) is 56.8 cm³/mol. The second-order valence-corrected chi connectivity index (χ2v) is 5.17. The van der Waals surface area contributed by atoms with Gasteiger partial charge >= 0.3 is 0 Å². The van der Waals surface area contributed by atoms with E-state index in [9.17, 15) is 0 Å². The molecule has 0 aromatic carbocycles. The Morgan fingerprint density at radius 1 is 1.29 bits per heavy atom. The zero-order valence-electron chi connectivity index (χ0n) is 8.80. The van der Waals surface area contributed by atoms with Gasteiger partial charge in [-0.15, -0.1) is 11.6 Å². The van der Waals surface area contributed by atoms with E-state index in [0.717, 1.165) is 45.1 Å². The molecule has 1 aliphatic heterocycles. The SMILES string of the molecule is COC1CCC2(CC1)CC(Cl)CCO2. The van der Waals surface area contributed by atoms with Gasteiger partial charge in [0.2, 0.25) is 0 Å². The third-order valence-corrected chi connectivity index (χ3v) is 3.98. The minimum absolute atomic E-state index is 0.0969. The Hall–Kier alpha value is 0.210. The fourth-order valence-corrected chi connectivity index (χ4v) is 3.04. The van der Waals surface area contributed by atoms with Crippen LogP contribution >= 0.6 is 11.6 Å². The number of halogens is 1. The number of hydrogen-bond acceptors (Lipinski definition) is 2. The van der Waals surface area contributed by atoms with E-state index in [1.165, 1.54) is 0 Å². The van der Waals surface area contributed by atoms with Crippen molar-refractivity contribution in [3.63, 3.8) is 0 Å². The molecule has 0 bridgehead atoms. The Morgan fingerprint density at radius 2 is 2.00 bits per heavy atom. The standard InChI is InChI=1S/C11H19ClO2/c1-13-10-2-5-11(6-3-10)8-9(12)4-7-14-11/h9-10H,2-8H2,1H3. The van der Waals surface area contributed by atoms with Gasteiger partial charge < -0.3 is 9.47 Å². The van der Waals surface area contributed by atoms with E-state index in [2.05, 4.69) is 0 Å². The van der Waals surface area contributed by atoms with E-state index in [-0.39, 0.29) is 5.60 Å². The van der Waals surface area contributed by atoms with Crippen LogP contribution in [0.4, 0.5) is 0 Å². The number of methoxy groups -OCH3 is 1. The maximum absolute atomic E-state index is 6.20. The monoisotopic (exact) mass is 218 g/mol. The van der Waals surface area contributed by atoms with Gasteiger partial charge in [0.15, 0.2) is 0 Å². The molecule has 1 saturated carbocycles. The maximum Gasteiger partial charge on any atom is 0.0698 e. The van der Waals surface area contributed by atoms with Crippen molar-refractivity contribution in [1.82, 2.24) is 0 Å². The molecule has 1 aliphatic carbocycles. The van der Waals surface area contributed by atoms with E-state index < -0.39 is 0 Å². The van der Waals surface area contributed by atoms with Gasteiger partial charge in [0.1, 0.15) is 0 Å². The van der Waals surface area contributed by atoms with Crippen LogP contribution in [0.25, 0.3) is 0 Å². The average molecular weight is 219 g/mol. The molecule has 0 N–H and O–H groups in total. The Balaban J connectivity index is 1.91. The largest absolute Gasteiger partial charge is 0.381 e. The van der Waals surface area contributed by atoms with Crippen molar-refractivity contribution in [2.24, 2.45) is 0 Å². The first-order valence-electron chi connectivity index (χ1n) is 5.55. The lowest BCUT2D eigenvalue weighted by Gasteiger charge is -2.43. The molecule has 0 amide bonds. The molecule has 0 aromatic heterocycles. The number of ether oxygens (including phenoxy) is 2. The average Bonchev–Trinajstić information content (AvgIpc) is 2.19. The molecule has 3 heteroatoms. The fourth-order valence-electron chi connectivity index (χ4n) is 2.67. The van der Waals surface area contributed by atoms with Gasteiger partial charge in [-0.3, -0.25) is 0 Å². The molecule has 2 nitrogen and oxygen atoms in total. The van der Waals surface area contributed by atoms with Crippen molar-refractivity contribution in [3.05, 3.63) is 0 Å². The van der Waals surface area contributed by atoms with Gasteiger partial charge in [0.25, 0.3) is 0 Å². The highest BCUT2D eigenvalue weighted by atomic mass is 35.5. The summed E-state index contributed by atoms with van der Waals surface area (Å²) in [6.45, 7) is 0.839. The first-order valence-corrected chi connectivity index (χ1v) is 5.99. The van der Waals surface area contributed by atoms with Crippen LogP contribution in [0, 0.1) is 0 Å². The van der Waals surface area contributed by atoms with Crippen molar-refractivity contribution < 1.29 is 9.47 Å². The molecule has 82 valence electrons. The van der Waals surface area contributed by atoms with Gasteiger partial charge in [0.05, 0.1) is 11.7 Å². The van der Waals surface area contributed by atoms with E-state index in [0.29, 0.717) is 11.5 Å². The maximum atomic E-state index is 6.20. The van der Waals surface area contributed by atoms with Crippen LogP contribution in [0.2, 0.25) is 0 Å². The van der Waals surface area contributed by atoms with Gasteiger partial charge in [-0.1, -0.05) is 0 Å². The Kier molecular flexibility index (Phi) is 3.35. The molecule has 2 rings (SSSR count). The Labute approximate surface area is 90.9 Å². The third kappa shape index (κ3) is 2.23. The molecule has 14 heavy (non-hydrogen) atoms. The summed E-state index contributed by atoms with van der Waals surface area (Å²) in [7, 11) is 1.80. The first kappa shape index (κ1) is 10.7. The molecule has 1 atom stereocenters. The smallest absolute Gasteiger partial charge is 0.0698 e. The van der Waals surface area contributed by atoms with E-state index in [1.54, 1.807) is 7.11 Å². The van der Waals surface area contributed by atoms with Crippen LogP contribution < -0.4 is 0 Å². The molecular weight excluding hydrogens is 200 g/mol. The van der Waals surface area contributed by atoms with Crippen LogP contribution in [0.3, 0.4) is 0 Å². The van der Waals surface area contributed by atoms with Crippen LogP contribution in [0.1, 0.15) is 38.5 Å². The lowest BCUT2D eigenvalue weighted by molar-refractivity contribution is -0.117. The molecule has 1 saturated heterocycles. The molecule has 1 spiro atoms. The molecule has 2 aliphatic rings. The van der Waals surface area contributed by atoms with Gasteiger partial charge in [-0.2, -0.15) is 0 Å². The van der Waals surface area contributed by atoms with E-state index >= 15 is 0 Å². The molecule has 1 unspecified atom stereocenters. The van der Waals surface area contributed by atoms with Crippen molar-refractivity contribution >= 4 is 11.6 Å². The molecule has 2 fully saturated rings. The summed E-state index contributed by atoms with van der Waals surface area (Å²) < 4.78 is 11.3. The zero-order chi connectivity index (χ0) is 10.0. The fraction of sp³-hybridized carbons (Fsp3) is 1.00. The van der Waals surface area contributed by atoms with Gasteiger partial charge in [0, 0.05) is 19.1 Å². The highest BCUT2D eigenvalue weighted by molar-refractivity contribution is 6.20. The molecular formula is C11H19ClO2. The second kappa shape index (κ2) is 4.38. The summed E-state index contributed by atoms with van der Waals surface area (Å²) in [5, 5.41) is 0.322. The van der Waals surface area contributed by atoms with Gasteiger partial charge in [-0.05, 0) is 38.5 Å². The molecule has 0 radical (unpaired) electrons. The highest BCUT2D eigenvalue weighted by Gasteiger charge is 2.40. The topological polar surface area (TPSA) is 18.5 Å². The number of rotatable bonds is 1. The summed E-state index contributed by atoms with van der Waals surface area (Å²) in [4.78, 5) is 0. The minimum Gasteiger partial charge on any atom is -0.381 e. The predicted octanol–water partition coefficient (Wildman–Crippen LogP) is 2.73. The van der Waals surface area contributed by atoms with E-state index in [4.69, 9.17) is 21.1 Å². The summed E-state index contributed by atoms with van der Waals surface area (Å²) in [5.41, 5.74) is 0.0969. The first-order chi connectivity index (χ1) is 6.74. The summed E-state index contributed by atoms with van der Waals surface area (Å²) in [5.74, 6) is 0. The van der Waals surface area contributed by atoms with Crippen molar-refractivity contribution in [2.45, 2.75) is 55.6 Å². The van der Waals surface area contributed by atoms with Crippen LogP contribution in [0.15, 0.2) is 0 Å². The highest BCUT2D eigenvalue weighted by Crippen LogP contribution is 2.40. The number of hydrogen-bond donors (Lipinski definition) is 0. The van der Waals surface area contributed by atoms with Gasteiger partial charge in [-0.25, -0.2) is 0 Å². The normalized spacial score (nSPS) is 44.1. The molecule has 1 heterocycles. The summed E-state index contributed by atoms with van der Waals surface area (Å²) >= 11 is 6.20. The van der Waals surface area contributed by atoms with Crippen LogP contribution in [-0.2, 0) is 9.47 Å². The van der Waals surface area contributed by atoms with Crippen LogP contribution in [-0.4, -0.2) is 30.8 Å². The summed E-state index contributed by atoms with van der Waals surface area (Å²) in [6.07, 6.45) is 6.98. The molecule has 0 aromatic rings. The summed E-state index contributed by atoms with van der Waals surface area (Å²) in [6, 6.07) is 0. The van der Waals surface area contributed by atoms with Crippen LogP contribution in [0.5, 0.6) is 0 Å². The third-order valence-electron chi connectivity index (χ3n) is 3.61.